The predicted octanol–water partition coefficient (Wildman–Crippen LogP) is 5.12. The maximum Gasteiger partial charge on any atom is 0.304 e. The van der Waals surface area contributed by atoms with Crippen LogP contribution in [-0.2, 0) is 19.2 Å². The number of nitrogens with one attached hydrogen (secondary N) is 2. The van der Waals surface area contributed by atoms with Crippen molar-refractivity contribution < 1.29 is 24.3 Å². The minimum Gasteiger partial charge on any atom is -0.481 e. The number of aliphatic carboxylic acids is 1. The number of carbonyl (C=O) groups excluding carboxylic acids is 3. The second kappa shape index (κ2) is 13.6. The van der Waals surface area contributed by atoms with Crippen LogP contribution in [0.4, 0.5) is 0 Å². The number of benzene rings is 1. The van der Waals surface area contributed by atoms with E-state index in [4.69, 9.17) is 23.2 Å². The summed E-state index contributed by atoms with van der Waals surface area (Å²) < 4.78 is 0.909. The summed E-state index contributed by atoms with van der Waals surface area (Å²) >= 11 is 14.3. The molecule has 210 valence electrons. The first kappa shape index (κ1) is 29.4. The van der Waals surface area contributed by atoms with Crippen LogP contribution in [0.3, 0.4) is 0 Å². The van der Waals surface area contributed by atoms with Crippen LogP contribution in [0.5, 0.6) is 0 Å². The highest BCUT2D eigenvalue weighted by Gasteiger charge is 2.29. The van der Waals surface area contributed by atoms with Crippen molar-refractivity contribution in [3.8, 4) is 0 Å². The highest BCUT2D eigenvalue weighted by atomic mass is 35.5. The maximum absolute atomic E-state index is 12.9. The van der Waals surface area contributed by atoms with Crippen molar-refractivity contribution in [1.82, 2.24) is 15.5 Å². The number of thiophene rings is 1. The number of carboxylic acid groups (broad SMARTS) is 1. The smallest absolute Gasteiger partial charge is 0.304 e. The number of carbonyl (C=O) groups is 4. The highest BCUT2D eigenvalue weighted by molar-refractivity contribution is 7.18. The molecular weight excluding hydrogens is 561 g/mol. The van der Waals surface area contributed by atoms with Crippen LogP contribution in [0, 0.1) is 11.8 Å². The predicted molar refractivity (Wildman–Crippen MR) is 154 cm³/mol. The molecule has 1 unspecified atom stereocenters. The fourth-order valence-corrected chi connectivity index (χ4v) is 6.66. The fourth-order valence-electron chi connectivity index (χ4n) is 5.22. The summed E-state index contributed by atoms with van der Waals surface area (Å²) in [6, 6.07) is 3.67. The van der Waals surface area contributed by atoms with Gasteiger partial charge in [0.2, 0.25) is 17.7 Å². The van der Waals surface area contributed by atoms with Gasteiger partial charge in [0, 0.05) is 37.7 Å². The maximum atomic E-state index is 12.9. The Kier molecular flexibility index (Phi) is 10.3. The van der Waals surface area contributed by atoms with Crippen LogP contribution in [0.2, 0.25) is 10.0 Å². The van der Waals surface area contributed by atoms with Crippen molar-refractivity contribution in [2.75, 3.05) is 19.6 Å². The molecule has 11 heteroatoms. The number of carboxylic acids is 1. The third kappa shape index (κ3) is 7.74. The molecule has 1 aliphatic heterocycles. The Morgan fingerprint density at radius 3 is 2.49 bits per heavy atom. The lowest BCUT2D eigenvalue weighted by molar-refractivity contribution is -0.141. The molecule has 8 nitrogen and oxygen atoms in total. The van der Waals surface area contributed by atoms with E-state index in [-0.39, 0.29) is 42.6 Å². The third-order valence-corrected chi connectivity index (χ3v) is 9.44. The van der Waals surface area contributed by atoms with E-state index in [2.05, 4.69) is 10.6 Å². The van der Waals surface area contributed by atoms with E-state index in [9.17, 15) is 24.3 Å². The number of halogens is 2. The number of fused-ring (bicyclic) bond motifs is 1. The number of likely N-dealkylation sites (tertiary alicyclic amines) is 1. The van der Waals surface area contributed by atoms with E-state index < -0.39 is 11.9 Å². The largest absolute Gasteiger partial charge is 0.481 e. The Morgan fingerprint density at radius 1 is 1.08 bits per heavy atom. The molecule has 1 atom stereocenters. The molecule has 0 spiro atoms. The minimum absolute atomic E-state index is 0.000654. The molecule has 1 aliphatic carbocycles. The van der Waals surface area contributed by atoms with E-state index in [1.165, 1.54) is 17.4 Å². The van der Waals surface area contributed by atoms with Crippen LogP contribution < -0.4 is 10.6 Å². The zero-order valence-corrected chi connectivity index (χ0v) is 23.9. The lowest BCUT2D eigenvalue weighted by atomic mass is 9.88. The second-order valence-corrected chi connectivity index (χ2v) is 11.9. The molecule has 0 bridgehead atoms. The fraction of sp³-hybridized carbons (Fsp3) is 0.500. The molecule has 1 aromatic carbocycles. The summed E-state index contributed by atoms with van der Waals surface area (Å²) in [6.07, 6.45) is 8.71. The Balaban J connectivity index is 1.27. The third-order valence-electron chi connectivity index (χ3n) is 7.50. The van der Waals surface area contributed by atoms with Gasteiger partial charge in [0.25, 0.3) is 0 Å². The van der Waals surface area contributed by atoms with Gasteiger partial charge in [0.15, 0.2) is 0 Å². The molecule has 2 heterocycles. The van der Waals surface area contributed by atoms with Crippen molar-refractivity contribution in [2.45, 2.75) is 57.4 Å². The van der Waals surface area contributed by atoms with Crippen molar-refractivity contribution in [3.63, 3.8) is 0 Å². The lowest BCUT2D eigenvalue weighted by Crippen LogP contribution is -2.49. The van der Waals surface area contributed by atoms with Gasteiger partial charge in [-0.1, -0.05) is 42.5 Å². The summed E-state index contributed by atoms with van der Waals surface area (Å²) in [4.78, 5) is 51.2. The first-order chi connectivity index (χ1) is 18.7. The van der Waals surface area contributed by atoms with Gasteiger partial charge in [0.1, 0.15) is 0 Å². The van der Waals surface area contributed by atoms with Gasteiger partial charge in [-0.3, -0.25) is 19.2 Å². The number of piperidine rings is 1. The molecule has 1 aromatic heterocycles. The standard InChI is InChI=1S/C28H33Cl2N3O5S/c29-24-18(14-19-10-13-39-26(19)25(24)30)6-7-22(34)33-11-8-21(9-12-33)32-28(38)20(15-23(35)36)16-31-27(37)17-4-2-1-3-5-17/h6-7,10,13-14,17,20-21H,1-5,8-9,11-12,15-16H2,(H,31,37)(H,32,38)(H,35,36). The Bertz CT molecular complexity index is 1250. The first-order valence-electron chi connectivity index (χ1n) is 13.3. The van der Waals surface area contributed by atoms with Crippen LogP contribution in [-0.4, -0.2) is 59.4 Å². The van der Waals surface area contributed by atoms with Crippen molar-refractivity contribution in [2.24, 2.45) is 11.8 Å². The Hall–Kier alpha value is -2.62. The second-order valence-electron chi connectivity index (χ2n) is 10.2. The molecule has 4 rings (SSSR count). The Labute approximate surface area is 241 Å². The molecular formula is C28H33Cl2N3O5S. The van der Waals surface area contributed by atoms with E-state index in [0.717, 1.165) is 42.2 Å². The van der Waals surface area contributed by atoms with Crippen LogP contribution in [0.25, 0.3) is 16.2 Å². The van der Waals surface area contributed by atoms with Gasteiger partial charge < -0.3 is 20.6 Å². The highest BCUT2D eigenvalue weighted by Crippen LogP contribution is 2.37. The number of nitrogens with zero attached hydrogens (tertiary/aromatic N) is 1. The summed E-state index contributed by atoms with van der Waals surface area (Å²) in [5, 5.41) is 18.8. The first-order valence-corrected chi connectivity index (χ1v) is 15.0. The van der Waals surface area contributed by atoms with Crippen LogP contribution in [0.15, 0.2) is 23.6 Å². The monoisotopic (exact) mass is 593 g/mol. The normalized spacial score (nSPS) is 17.8. The summed E-state index contributed by atoms with van der Waals surface area (Å²) in [5.74, 6) is -2.65. The molecule has 1 saturated carbocycles. The summed E-state index contributed by atoms with van der Waals surface area (Å²) in [7, 11) is 0. The average Bonchev–Trinajstić information content (AvgIpc) is 3.41. The average molecular weight is 595 g/mol. The van der Waals surface area contributed by atoms with Gasteiger partial charge in [0.05, 0.1) is 27.1 Å². The van der Waals surface area contributed by atoms with Crippen molar-refractivity contribution in [1.29, 1.82) is 0 Å². The minimum atomic E-state index is -1.09. The van der Waals surface area contributed by atoms with E-state index >= 15 is 0 Å². The molecule has 2 fully saturated rings. The zero-order valence-electron chi connectivity index (χ0n) is 21.6. The SMILES string of the molecule is O=C(O)CC(CNC(=O)C1CCCCC1)C(=O)NC1CCN(C(=O)C=Cc2cc3ccsc3c(Cl)c2Cl)CC1. The number of hydrogen-bond donors (Lipinski definition) is 3. The molecule has 3 amide bonds. The lowest BCUT2D eigenvalue weighted by Gasteiger charge is -2.32. The molecule has 3 N–H and O–H groups in total. The quantitative estimate of drug-likeness (QED) is 0.349. The van der Waals surface area contributed by atoms with Gasteiger partial charge in [-0.05, 0) is 60.2 Å². The van der Waals surface area contributed by atoms with E-state index in [1.54, 1.807) is 11.0 Å². The van der Waals surface area contributed by atoms with Gasteiger partial charge in [-0.15, -0.1) is 11.3 Å². The zero-order chi connectivity index (χ0) is 27.9. The van der Waals surface area contributed by atoms with E-state index in [1.807, 2.05) is 17.5 Å². The number of hydrogen-bond acceptors (Lipinski definition) is 5. The topological polar surface area (TPSA) is 116 Å². The van der Waals surface area contributed by atoms with Crippen molar-refractivity contribution >= 4 is 74.4 Å². The van der Waals surface area contributed by atoms with E-state index in [0.29, 0.717) is 41.5 Å². The molecule has 0 radical (unpaired) electrons. The van der Waals surface area contributed by atoms with Crippen LogP contribution >= 0.6 is 34.5 Å². The number of rotatable bonds is 9. The molecule has 1 saturated heterocycles. The molecule has 39 heavy (non-hydrogen) atoms. The van der Waals surface area contributed by atoms with Crippen molar-refractivity contribution in [3.05, 3.63) is 39.2 Å². The summed E-state index contributed by atoms with van der Waals surface area (Å²) in [6.45, 7) is 0.904. The summed E-state index contributed by atoms with van der Waals surface area (Å²) in [5.41, 5.74) is 0.670. The van der Waals surface area contributed by atoms with Crippen LogP contribution in [0.1, 0.15) is 56.9 Å². The molecule has 2 aromatic rings. The molecule has 2 aliphatic rings. The van der Waals surface area contributed by atoms with Gasteiger partial charge in [-0.25, -0.2) is 0 Å². The van der Waals surface area contributed by atoms with Gasteiger partial charge >= 0.3 is 5.97 Å². The number of amides is 3. The Morgan fingerprint density at radius 2 is 1.79 bits per heavy atom. The van der Waals surface area contributed by atoms with Gasteiger partial charge in [-0.2, -0.15) is 0 Å².